The highest BCUT2D eigenvalue weighted by molar-refractivity contribution is 6.01. The first-order valence-corrected chi connectivity index (χ1v) is 5.23. The molecule has 98 valence electrons. The van der Waals surface area contributed by atoms with Crippen LogP contribution in [0.3, 0.4) is 0 Å². The van der Waals surface area contributed by atoms with Crippen LogP contribution in [0.25, 0.3) is 10.9 Å². The van der Waals surface area contributed by atoms with Crippen molar-refractivity contribution in [3.05, 3.63) is 35.0 Å². The van der Waals surface area contributed by atoms with Crippen molar-refractivity contribution >= 4 is 28.8 Å². The molecular weight excluding hydrogens is 254 g/mol. The number of H-pyrrole nitrogens is 1. The van der Waals surface area contributed by atoms with Crippen molar-refractivity contribution in [1.29, 1.82) is 0 Å². The van der Waals surface area contributed by atoms with Gasteiger partial charge in [0.15, 0.2) is 0 Å². The van der Waals surface area contributed by atoms with Gasteiger partial charge in [0.2, 0.25) is 0 Å². The molecule has 0 saturated heterocycles. The number of aromatic nitrogens is 1. The summed E-state index contributed by atoms with van der Waals surface area (Å²) in [6.45, 7) is 0. The molecular formula is C12H9NO6. The fourth-order valence-electron chi connectivity index (χ4n) is 1.91. The van der Waals surface area contributed by atoms with Crippen LogP contribution in [0.2, 0.25) is 0 Å². The second-order valence-corrected chi connectivity index (χ2v) is 3.92. The lowest BCUT2D eigenvalue weighted by atomic mass is 10.1. The van der Waals surface area contributed by atoms with Crippen molar-refractivity contribution in [3.63, 3.8) is 0 Å². The van der Waals surface area contributed by atoms with Gasteiger partial charge in [0.1, 0.15) is 5.69 Å². The molecule has 0 aliphatic carbocycles. The van der Waals surface area contributed by atoms with Gasteiger partial charge < -0.3 is 20.3 Å². The van der Waals surface area contributed by atoms with Crippen molar-refractivity contribution in [2.75, 3.05) is 0 Å². The Hall–Kier alpha value is -2.83. The summed E-state index contributed by atoms with van der Waals surface area (Å²) in [7, 11) is 0. The molecule has 4 N–H and O–H groups in total. The van der Waals surface area contributed by atoms with E-state index >= 15 is 0 Å². The largest absolute Gasteiger partial charge is 0.481 e. The lowest BCUT2D eigenvalue weighted by Gasteiger charge is -1.98. The average Bonchev–Trinajstić information content (AvgIpc) is 2.66. The molecule has 2 rings (SSSR count). The lowest BCUT2D eigenvalue weighted by Crippen LogP contribution is -2.06. The summed E-state index contributed by atoms with van der Waals surface area (Å²) in [5.41, 5.74) is 0.174. The molecule has 1 heterocycles. The molecule has 0 bridgehead atoms. The molecule has 0 unspecified atom stereocenters. The second kappa shape index (κ2) is 4.45. The standard InChI is InChI=1S/C12H9NO6/c14-9(15)4-7-6-2-1-5(11(16)17)3-8(6)13-10(7)12(18)19/h1-3,13H,4H2,(H,14,15)(H,16,17)(H,18,19). The molecule has 0 aliphatic heterocycles. The summed E-state index contributed by atoms with van der Waals surface area (Å²) in [6, 6.07) is 3.98. The highest BCUT2D eigenvalue weighted by Crippen LogP contribution is 2.24. The first kappa shape index (κ1) is 12.6. The fourth-order valence-corrected chi connectivity index (χ4v) is 1.91. The van der Waals surface area contributed by atoms with Gasteiger partial charge >= 0.3 is 17.9 Å². The van der Waals surface area contributed by atoms with E-state index in [1.165, 1.54) is 18.2 Å². The molecule has 0 radical (unpaired) electrons. The van der Waals surface area contributed by atoms with Crippen molar-refractivity contribution in [2.24, 2.45) is 0 Å². The number of benzene rings is 1. The van der Waals surface area contributed by atoms with Crippen molar-refractivity contribution in [3.8, 4) is 0 Å². The van der Waals surface area contributed by atoms with Gasteiger partial charge in [-0.3, -0.25) is 4.79 Å². The minimum Gasteiger partial charge on any atom is -0.481 e. The number of hydrogen-bond donors (Lipinski definition) is 4. The Morgan fingerprint density at radius 3 is 2.26 bits per heavy atom. The van der Waals surface area contributed by atoms with Gasteiger partial charge in [-0.1, -0.05) is 6.07 Å². The molecule has 0 amide bonds. The summed E-state index contributed by atoms with van der Waals surface area (Å²) in [6.07, 6.45) is -0.450. The van der Waals surface area contributed by atoms with Crippen LogP contribution in [-0.4, -0.2) is 38.2 Å². The third-order valence-corrected chi connectivity index (χ3v) is 2.69. The van der Waals surface area contributed by atoms with Gasteiger partial charge in [0, 0.05) is 16.5 Å². The topological polar surface area (TPSA) is 128 Å². The van der Waals surface area contributed by atoms with Crippen molar-refractivity contribution in [1.82, 2.24) is 4.98 Å². The van der Waals surface area contributed by atoms with Crippen LogP contribution in [0.5, 0.6) is 0 Å². The molecule has 0 fully saturated rings. The molecule has 19 heavy (non-hydrogen) atoms. The van der Waals surface area contributed by atoms with E-state index < -0.39 is 24.3 Å². The summed E-state index contributed by atoms with van der Waals surface area (Å²) >= 11 is 0. The van der Waals surface area contributed by atoms with Gasteiger partial charge in [-0.2, -0.15) is 0 Å². The molecule has 2 aromatic rings. The average molecular weight is 263 g/mol. The van der Waals surface area contributed by atoms with E-state index in [0.29, 0.717) is 5.39 Å². The molecule has 1 aromatic carbocycles. The third-order valence-electron chi connectivity index (χ3n) is 2.69. The number of aliphatic carboxylic acids is 1. The van der Waals surface area contributed by atoms with Crippen LogP contribution in [0.15, 0.2) is 18.2 Å². The zero-order valence-corrected chi connectivity index (χ0v) is 9.51. The third kappa shape index (κ3) is 2.25. The highest BCUT2D eigenvalue weighted by Gasteiger charge is 2.19. The van der Waals surface area contributed by atoms with E-state index in [1.807, 2.05) is 0 Å². The molecule has 7 nitrogen and oxygen atoms in total. The minimum absolute atomic E-state index is 0.00689. The number of aromatic carboxylic acids is 2. The number of rotatable bonds is 4. The van der Waals surface area contributed by atoms with Crippen LogP contribution >= 0.6 is 0 Å². The van der Waals surface area contributed by atoms with Crippen molar-refractivity contribution in [2.45, 2.75) is 6.42 Å². The maximum absolute atomic E-state index is 11.1. The van der Waals surface area contributed by atoms with E-state index in [0.717, 1.165) is 0 Å². The Kier molecular flexibility index (Phi) is 2.95. The quantitative estimate of drug-likeness (QED) is 0.656. The van der Waals surface area contributed by atoms with Crippen molar-refractivity contribution < 1.29 is 29.7 Å². The number of aromatic amines is 1. The molecule has 0 aliphatic rings. The van der Waals surface area contributed by atoms with Crippen LogP contribution in [0, 0.1) is 0 Å². The number of hydrogen-bond acceptors (Lipinski definition) is 3. The summed E-state index contributed by atoms with van der Waals surface area (Å²) in [4.78, 5) is 35.2. The molecule has 7 heteroatoms. The smallest absolute Gasteiger partial charge is 0.352 e. The second-order valence-electron chi connectivity index (χ2n) is 3.92. The molecule has 0 atom stereocenters. The number of carboxylic acid groups (broad SMARTS) is 3. The van der Waals surface area contributed by atoms with E-state index in [-0.39, 0.29) is 22.3 Å². The van der Waals surface area contributed by atoms with Crippen LogP contribution in [0.4, 0.5) is 0 Å². The van der Waals surface area contributed by atoms with Gasteiger partial charge in [-0.15, -0.1) is 0 Å². The number of fused-ring (bicyclic) bond motifs is 1. The number of nitrogens with one attached hydrogen (secondary N) is 1. The zero-order chi connectivity index (χ0) is 14.2. The Bertz CT molecular complexity index is 700. The molecule has 0 spiro atoms. The maximum Gasteiger partial charge on any atom is 0.352 e. The Morgan fingerprint density at radius 2 is 1.74 bits per heavy atom. The normalized spacial score (nSPS) is 10.5. The lowest BCUT2D eigenvalue weighted by molar-refractivity contribution is -0.136. The Morgan fingerprint density at radius 1 is 1.05 bits per heavy atom. The SMILES string of the molecule is O=C(O)Cc1c(C(=O)O)[nH]c2cc(C(=O)O)ccc12. The van der Waals surface area contributed by atoms with E-state index in [2.05, 4.69) is 4.98 Å². The van der Waals surface area contributed by atoms with Crippen LogP contribution in [-0.2, 0) is 11.2 Å². The van der Waals surface area contributed by atoms with Gasteiger partial charge in [0.05, 0.1) is 12.0 Å². The highest BCUT2D eigenvalue weighted by atomic mass is 16.4. The number of carboxylic acids is 3. The van der Waals surface area contributed by atoms with E-state index in [1.54, 1.807) is 0 Å². The van der Waals surface area contributed by atoms with Gasteiger partial charge in [0.25, 0.3) is 0 Å². The minimum atomic E-state index is -1.29. The maximum atomic E-state index is 11.1. The predicted molar refractivity (Wildman–Crippen MR) is 63.6 cm³/mol. The number of carbonyl (C=O) groups is 3. The summed E-state index contributed by atoms with van der Waals surface area (Å²) in [5.74, 6) is -3.59. The molecule has 0 saturated carbocycles. The van der Waals surface area contributed by atoms with E-state index in [4.69, 9.17) is 15.3 Å². The summed E-state index contributed by atoms with van der Waals surface area (Å²) < 4.78 is 0. The van der Waals surface area contributed by atoms with Crippen LogP contribution in [0.1, 0.15) is 26.4 Å². The zero-order valence-electron chi connectivity index (χ0n) is 9.51. The first-order chi connectivity index (χ1) is 8.90. The molecule has 1 aromatic heterocycles. The van der Waals surface area contributed by atoms with Gasteiger partial charge in [-0.25, -0.2) is 9.59 Å². The monoisotopic (exact) mass is 263 g/mol. The predicted octanol–water partition coefficient (Wildman–Crippen LogP) is 1.19. The first-order valence-electron chi connectivity index (χ1n) is 5.23. The van der Waals surface area contributed by atoms with Gasteiger partial charge in [-0.05, 0) is 12.1 Å². The van der Waals surface area contributed by atoms with E-state index in [9.17, 15) is 14.4 Å². The summed E-state index contributed by atoms with van der Waals surface area (Å²) in [5, 5.41) is 27.1. The van der Waals surface area contributed by atoms with Crippen LogP contribution < -0.4 is 0 Å². The fraction of sp³-hybridized carbons (Fsp3) is 0.0833. The Balaban J connectivity index is 2.69. The Labute approximate surface area is 106 Å².